The second-order valence-electron chi connectivity index (χ2n) is 3.39. The van der Waals surface area contributed by atoms with Gasteiger partial charge in [0, 0.05) is 39.1 Å². The van der Waals surface area contributed by atoms with E-state index in [4.69, 9.17) is 4.74 Å². The van der Waals surface area contributed by atoms with Gasteiger partial charge in [-0.25, -0.2) is 0 Å². The van der Waals surface area contributed by atoms with Crippen molar-refractivity contribution in [2.24, 2.45) is 5.92 Å². The van der Waals surface area contributed by atoms with E-state index in [0.717, 1.165) is 26.1 Å². The van der Waals surface area contributed by atoms with Gasteiger partial charge in [0.05, 0.1) is 0 Å². The molecule has 0 radical (unpaired) electrons. The highest BCUT2D eigenvalue weighted by Crippen LogP contribution is 2.18. The summed E-state index contributed by atoms with van der Waals surface area (Å²) in [7, 11) is 1.68. The van der Waals surface area contributed by atoms with Gasteiger partial charge in [-0.15, -0.1) is 6.58 Å². The normalized spacial score (nSPS) is 22.4. The van der Waals surface area contributed by atoms with E-state index in [1.165, 1.54) is 0 Å². The van der Waals surface area contributed by atoms with Gasteiger partial charge >= 0.3 is 0 Å². The summed E-state index contributed by atoms with van der Waals surface area (Å²) in [5.41, 5.74) is 0. The summed E-state index contributed by atoms with van der Waals surface area (Å²) in [5, 5.41) is 0. The lowest BCUT2D eigenvalue weighted by molar-refractivity contribution is -0.127. The highest BCUT2D eigenvalue weighted by molar-refractivity contribution is 5.78. The molecule has 0 aromatic carbocycles. The van der Waals surface area contributed by atoms with E-state index in [9.17, 15) is 4.79 Å². The van der Waals surface area contributed by atoms with Crippen molar-refractivity contribution in [3.05, 3.63) is 12.7 Å². The van der Waals surface area contributed by atoms with Gasteiger partial charge in [0.25, 0.3) is 0 Å². The lowest BCUT2D eigenvalue weighted by Gasteiger charge is -2.15. The first-order valence-electron chi connectivity index (χ1n) is 4.67. The predicted molar refractivity (Wildman–Crippen MR) is 51.4 cm³/mol. The maximum Gasteiger partial charge on any atom is 0.223 e. The lowest BCUT2D eigenvalue weighted by atomic mass is 10.1. The minimum absolute atomic E-state index is 0.251. The Morgan fingerprint density at radius 2 is 2.54 bits per heavy atom. The van der Waals surface area contributed by atoms with Crippen LogP contribution in [0.5, 0.6) is 0 Å². The van der Waals surface area contributed by atoms with Gasteiger partial charge < -0.3 is 9.64 Å². The van der Waals surface area contributed by atoms with E-state index in [1.54, 1.807) is 7.11 Å². The molecule has 0 saturated carbocycles. The number of hydrogen-bond acceptors (Lipinski definition) is 2. The van der Waals surface area contributed by atoms with Crippen LogP contribution in [0.1, 0.15) is 12.8 Å². The maximum atomic E-state index is 11.4. The molecule has 3 heteroatoms. The largest absolute Gasteiger partial charge is 0.385 e. The molecule has 74 valence electrons. The first-order valence-corrected chi connectivity index (χ1v) is 4.67. The van der Waals surface area contributed by atoms with E-state index >= 15 is 0 Å². The summed E-state index contributed by atoms with van der Waals surface area (Å²) >= 11 is 0. The lowest BCUT2D eigenvalue weighted by Crippen LogP contribution is -2.26. The molecule has 0 bridgehead atoms. The maximum absolute atomic E-state index is 11.4. The predicted octanol–water partition coefficient (Wildman–Crippen LogP) is 1.06. The summed E-state index contributed by atoms with van der Waals surface area (Å²) < 4.78 is 4.93. The number of likely N-dealkylation sites (tertiary alicyclic amines) is 1. The second-order valence-corrected chi connectivity index (χ2v) is 3.39. The van der Waals surface area contributed by atoms with Crippen molar-refractivity contribution in [3.63, 3.8) is 0 Å². The molecule has 1 unspecified atom stereocenters. The Morgan fingerprint density at radius 1 is 1.77 bits per heavy atom. The zero-order valence-corrected chi connectivity index (χ0v) is 8.16. The Bertz CT molecular complexity index is 191. The zero-order chi connectivity index (χ0) is 9.68. The van der Waals surface area contributed by atoms with Crippen molar-refractivity contribution in [1.29, 1.82) is 0 Å². The topological polar surface area (TPSA) is 29.5 Å². The monoisotopic (exact) mass is 183 g/mol. The van der Waals surface area contributed by atoms with Crippen LogP contribution in [-0.4, -0.2) is 37.6 Å². The Hall–Kier alpha value is -0.830. The van der Waals surface area contributed by atoms with Crippen molar-refractivity contribution in [2.45, 2.75) is 12.8 Å². The van der Waals surface area contributed by atoms with Gasteiger partial charge in [0.1, 0.15) is 0 Å². The molecule has 13 heavy (non-hydrogen) atoms. The minimum Gasteiger partial charge on any atom is -0.385 e. The molecule has 1 atom stereocenters. The average molecular weight is 183 g/mol. The summed E-state index contributed by atoms with van der Waals surface area (Å²) in [5.74, 6) is 0.607. The molecule has 1 rings (SSSR count). The molecule has 1 saturated heterocycles. The minimum atomic E-state index is 0.251. The molecule has 3 nitrogen and oxygen atoms in total. The number of carbonyl (C=O) groups excluding carboxylic acids is 1. The molecule has 0 N–H and O–H groups in total. The van der Waals surface area contributed by atoms with E-state index in [0.29, 0.717) is 12.3 Å². The third-order valence-electron chi connectivity index (χ3n) is 2.35. The third-order valence-corrected chi connectivity index (χ3v) is 2.35. The number of hydrogen-bond donors (Lipinski definition) is 0. The molecule has 0 aromatic heterocycles. The SMILES string of the molecule is C=CC1CC(=O)N(CCCOC)C1. The van der Waals surface area contributed by atoms with Gasteiger partial charge in [-0.3, -0.25) is 4.79 Å². The van der Waals surface area contributed by atoms with Crippen LogP contribution in [0.25, 0.3) is 0 Å². The van der Waals surface area contributed by atoms with Crippen molar-refractivity contribution < 1.29 is 9.53 Å². The number of nitrogens with zero attached hydrogens (tertiary/aromatic N) is 1. The third kappa shape index (κ3) is 2.84. The standard InChI is InChI=1S/C10H17NO2/c1-3-9-7-10(12)11(8-9)5-4-6-13-2/h3,9H,1,4-8H2,2H3. The smallest absolute Gasteiger partial charge is 0.223 e. The summed E-state index contributed by atoms with van der Waals surface area (Å²) in [4.78, 5) is 13.3. The number of methoxy groups -OCH3 is 1. The van der Waals surface area contributed by atoms with E-state index in [2.05, 4.69) is 6.58 Å². The molecule has 0 spiro atoms. The van der Waals surface area contributed by atoms with Crippen LogP contribution in [0.4, 0.5) is 0 Å². The molecule has 0 aliphatic carbocycles. The number of rotatable bonds is 5. The first-order chi connectivity index (χ1) is 6.27. The summed E-state index contributed by atoms with van der Waals surface area (Å²) in [6.45, 7) is 6.09. The van der Waals surface area contributed by atoms with Crippen LogP contribution < -0.4 is 0 Å². The van der Waals surface area contributed by atoms with Gasteiger partial charge in [-0.2, -0.15) is 0 Å². The molecular formula is C10H17NO2. The van der Waals surface area contributed by atoms with E-state index in [1.807, 2.05) is 11.0 Å². The first kappa shape index (κ1) is 10.3. The summed E-state index contributed by atoms with van der Waals surface area (Å²) in [6, 6.07) is 0. The molecule has 1 aliphatic rings. The number of ether oxygens (including phenoxy) is 1. The Kier molecular flexibility index (Phi) is 3.96. The molecule has 1 aliphatic heterocycles. The van der Waals surface area contributed by atoms with Gasteiger partial charge in [-0.1, -0.05) is 6.08 Å². The number of amides is 1. The van der Waals surface area contributed by atoms with Crippen molar-refractivity contribution in [2.75, 3.05) is 26.8 Å². The molecule has 1 fully saturated rings. The van der Waals surface area contributed by atoms with Crippen molar-refractivity contribution >= 4 is 5.91 Å². The van der Waals surface area contributed by atoms with Gasteiger partial charge in [0.15, 0.2) is 0 Å². The fourth-order valence-electron chi connectivity index (χ4n) is 1.58. The van der Waals surface area contributed by atoms with E-state index in [-0.39, 0.29) is 5.91 Å². The molecular weight excluding hydrogens is 166 g/mol. The van der Waals surface area contributed by atoms with Crippen LogP contribution in [0.3, 0.4) is 0 Å². The van der Waals surface area contributed by atoms with Crippen molar-refractivity contribution in [1.82, 2.24) is 4.90 Å². The fraction of sp³-hybridized carbons (Fsp3) is 0.700. The van der Waals surface area contributed by atoms with Crippen LogP contribution in [0.15, 0.2) is 12.7 Å². The highest BCUT2D eigenvalue weighted by Gasteiger charge is 2.26. The zero-order valence-electron chi connectivity index (χ0n) is 8.16. The average Bonchev–Trinajstić information content (AvgIpc) is 2.48. The van der Waals surface area contributed by atoms with Crippen LogP contribution in [-0.2, 0) is 9.53 Å². The number of carbonyl (C=O) groups is 1. The Morgan fingerprint density at radius 3 is 3.08 bits per heavy atom. The van der Waals surface area contributed by atoms with Crippen LogP contribution in [0, 0.1) is 5.92 Å². The Labute approximate surface area is 79.4 Å². The highest BCUT2D eigenvalue weighted by atomic mass is 16.5. The quantitative estimate of drug-likeness (QED) is 0.471. The molecule has 1 amide bonds. The second kappa shape index (κ2) is 5.02. The molecule has 1 heterocycles. The fourth-order valence-corrected chi connectivity index (χ4v) is 1.58. The summed E-state index contributed by atoms with van der Waals surface area (Å²) in [6.07, 6.45) is 3.43. The van der Waals surface area contributed by atoms with Gasteiger partial charge in [0.2, 0.25) is 5.91 Å². The van der Waals surface area contributed by atoms with Gasteiger partial charge in [-0.05, 0) is 6.42 Å². The molecule has 0 aromatic rings. The van der Waals surface area contributed by atoms with E-state index < -0.39 is 0 Å². The van der Waals surface area contributed by atoms with Crippen LogP contribution >= 0.6 is 0 Å². The van der Waals surface area contributed by atoms with Crippen LogP contribution in [0.2, 0.25) is 0 Å². The van der Waals surface area contributed by atoms with Crippen molar-refractivity contribution in [3.8, 4) is 0 Å². The Balaban J connectivity index is 2.26.